The molecule has 0 aliphatic heterocycles. The number of carbonyl (C=O) groups is 2. The van der Waals surface area contributed by atoms with Crippen molar-refractivity contribution >= 4 is 17.6 Å². The fraction of sp³-hybridized carbons (Fsp3) is 0.417. The van der Waals surface area contributed by atoms with Gasteiger partial charge in [0.1, 0.15) is 0 Å². The molecule has 1 atom stereocenters. The SMILES string of the molecule is CC(C)CC(N)C(=O)Nc1cncc(C(=O)O)c1. The molecule has 1 aromatic rings. The summed E-state index contributed by atoms with van der Waals surface area (Å²) in [7, 11) is 0. The Morgan fingerprint density at radius 2 is 2.11 bits per heavy atom. The van der Waals surface area contributed by atoms with Crippen molar-refractivity contribution in [2.24, 2.45) is 11.7 Å². The van der Waals surface area contributed by atoms with Crippen LogP contribution in [0.5, 0.6) is 0 Å². The van der Waals surface area contributed by atoms with E-state index in [4.69, 9.17) is 10.8 Å². The molecular weight excluding hydrogens is 234 g/mol. The molecule has 0 aliphatic carbocycles. The zero-order chi connectivity index (χ0) is 13.7. The van der Waals surface area contributed by atoms with Gasteiger partial charge < -0.3 is 16.2 Å². The van der Waals surface area contributed by atoms with Gasteiger partial charge in [-0.2, -0.15) is 0 Å². The molecule has 6 nitrogen and oxygen atoms in total. The van der Waals surface area contributed by atoms with Crippen LogP contribution in [0.25, 0.3) is 0 Å². The van der Waals surface area contributed by atoms with Gasteiger partial charge in [-0.25, -0.2) is 4.79 Å². The van der Waals surface area contributed by atoms with Gasteiger partial charge in [0.15, 0.2) is 0 Å². The summed E-state index contributed by atoms with van der Waals surface area (Å²) >= 11 is 0. The first-order chi connectivity index (χ1) is 8.40. The fourth-order valence-corrected chi connectivity index (χ4v) is 1.48. The number of pyridine rings is 1. The second-order valence-corrected chi connectivity index (χ2v) is 4.49. The molecule has 1 amide bonds. The Balaban J connectivity index is 2.70. The number of nitrogens with one attached hydrogen (secondary N) is 1. The number of carboxylic acids is 1. The summed E-state index contributed by atoms with van der Waals surface area (Å²) in [5.41, 5.74) is 6.07. The lowest BCUT2D eigenvalue weighted by molar-refractivity contribution is -0.117. The molecule has 0 radical (unpaired) electrons. The quantitative estimate of drug-likeness (QED) is 0.726. The van der Waals surface area contributed by atoms with Gasteiger partial charge in [-0.05, 0) is 18.4 Å². The molecular formula is C12H17N3O3. The molecule has 0 saturated heterocycles. The van der Waals surface area contributed by atoms with Crippen molar-refractivity contribution in [2.45, 2.75) is 26.3 Å². The first kappa shape index (κ1) is 14.1. The van der Waals surface area contributed by atoms with E-state index in [0.29, 0.717) is 18.0 Å². The molecule has 4 N–H and O–H groups in total. The van der Waals surface area contributed by atoms with E-state index >= 15 is 0 Å². The summed E-state index contributed by atoms with van der Waals surface area (Å²) in [6, 6.07) is 0.730. The van der Waals surface area contributed by atoms with Crippen LogP contribution in [-0.2, 0) is 4.79 Å². The number of hydrogen-bond donors (Lipinski definition) is 3. The maximum Gasteiger partial charge on any atom is 0.337 e. The minimum atomic E-state index is -1.09. The highest BCUT2D eigenvalue weighted by atomic mass is 16.4. The number of anilines is 1. The Morgan fingerprint density at radius 1 is 1.44 bits per heavy atom. The van der Waals surface area contributed by atoms with Crippen LogP contribution >= 0.6 is 0 Å². The number of nitrogens with two attached hydrogens (primary N) is 1. The van der Waals surface area contributed by atoms with Crippen LogP contribution in [0.4, 0.5) is 5.69 Å². The van der Waals surface area contributed by atoms with Gasteiger partial charge in [0.25, 0.3) is 0 Å². The zero-order valence-corrected chi connectivity index (χ0v) is 10.4. The summed E-state index contributed by atoms with van der Waals surface area (Å²) in [5, 5.41) is 11.3. The van der Waals surface area contributed by atoms with Crippen molar-refractivity contribution in [2.75, 3.05) is 5.32 Å². The predicted octanol–water partition coefficient (Wildman–Crippen LogP) is 1.09. The molecule has 6 heteroatoms. The van der Waals surface area contributed by atoms with E-state index in [2.05, 4.69) is 10.3 Å². The number of aromatic carboxylic acids is 1. The summed E-state index contributed by atoms with van der Waals surface area (Å²) in [4.78, 5) is 26.2. The van der Waals surface area contributed by atoms with Gasteiger partial charge in [0.05, 0.1) is 23.5 Å². The first-order valence-electron chi connectivity index (χ1n) is 5.65. The molecule has 18 heavy (non-hydrogen) atoms. The van der Waals surface area contributed by atoms with Gasteiger partial charge in [0, 0.05) is 6.20 Å². The van der Waals surface area contributed by atoms with Crippen LogP contribution in [0.2, 0.25) is 0 Å². The predicted molar refractivity (Wildman–Crippen MR) is 67.3 cm³/mol. The minimum absolute atomic E-state index is 0.0187. The molecule has 0 bridgehead atoms. The number of hydrogen-bond acceptors (Lipinski definition) is 4. The molecule has 0 aliphatic rings. The first-order valence-corrected chi connectivity index (χ1v) is 5.65. The highest BCUT2D eigenvalue weighted by Gasteiger charge is 2.15. The normalized spacial score (nSPS) is 12.2. The van der Waals surface area contributed by atoms with Crippen molar-refractivity contribution in [1.29, 1.82) is 0 Å². The Labute approximate surface area is 105 Å². The third-order valence-electron chi connectivity index (χ3n) is 2.31. The van der Waals surface area contributed by atoms with Crippen LogP contribution in [0.15, 0.2) is 18.5 Å². The van der Waals surface area contributed by atoms with E-state index in [9.17, 15) is 9.59 Å². The second-order valence-electron chi connectivity index (χ2n) is 4.49. The Hall–Kier alpha value is -1.95. The van der Waals surface area contributed by atoms with E-state index in [1.165, 1.54) is 18.5 Å². The monoisotopic (exact) mass is 251 g/mol. The molecule has 1 heterocycles. The van der Waals surface area contributed by atoms with Crippen LogP contribution in [0, 0.1) is 5.92 Å². The highest BCUT2D eigenvalue weighted by molar-refractivity contribution is 5.96. The minimum Gasteiger partial charge on any atom is -0.478 e. The van der Waals surface area contributed by atoms with E-state index < -0.39 is 12.0 Å². The number of amides is 1. The zero-order valence-electron chi connectivity index (χ0n) is 10.4. The van der Waals surface area contributed by atoms with E-state index in [1.54, 1.807) is 0 Å². The number of rotatable bonds is 5. The Kier molecular flexibility index (Phi) is 4.79. The average Bonchev–Trinajstić information content (AvgIpc) is 2.28. The standard InChI is InChI=1S/C12H17N3O3/c1-7(2)3-10(13)11(16)15-9-4-8(12(17)18)5-14-6-9/h4-7,10H,3,13H2,1-2H3,(H,15,16)(H,17,18). The lowest BCUT2D eigenvalue weighted by Crippen LogP contribution is -2.36. The van der Waals surface area contributed by atoms with Crippen molar-refractivity contribution in [1.82, 2.24) is 4.98 Å². The van der Waals surface area contributed by atoms with E-state index in [1.807, 2.05) is 13.8 Å². The number of carbonyl (C=O) groups excluding carboxylic acids is 1. The van der Waals surface area contributed by atoms with E-state index in [-0.39, 0.29) is 11.5 Å². The molecule has 0 fully saturated rings. The number of carboxylic acid groups (broad SMARTS) is 1. The third kappa shape index (κ3) is 4.14. The van der Waals surface area contributed by atoms with Crippen molar-refractivity contribution < 1.29 is 14.7 Å². The molecule has 0 saturated carbocycles. The smallest absolute Gasteiger partial charge is 0.337 e. The van der Waals surface area contributed by atoms with Gasteiger partial charge >= 0.3 is 5.97 Å². The van der Waals surface area contributed by atoms with Gasteiger partial charge in [0.2, 0.25) is 5.91 Å². The number of nitrogens with zero attached hydrogens (tertiary/aromatic N) is 1. The third-order valence-corrected chi connectivity index (χ3v) is 2.31. The lowest BCUT2D eigenvalue weighted by Gasteiger charge is -2.14. The van der Waals surface area contributed by atoms with Gasteiger partial charge in [-0.1, -0.05) is 13.8 Å². The van der Waals surface area contributed by atoms with Crippen molar-refractivity contribution in [3.63, 3.8) is 0 Å². The lowest BCUT2D eigenvalue weighted by atomic mass is 10.0. The highest BCUT2D eigenvalue weighted by Crippen LogP contribution is 2.10. The largest absolute Gasteiger partial charge is 0.478 e. The van der Waals surface area contributed by atoms with Gasteiger partial charge in [-0.15, -0.1) is 0 Å². The Morgan fingerprint density at radius 3 is 2.67 bits per heavy atom. The van der Waals surface area contributed by atoms with E-state index in [0.717, 1.165) is 0 Å². The topological polar surface area (TPSA) is 105 Å². The maximum atomic E-state index is 11.7. The molecule has 1 unspecified atom stereocenters. The fourth-order valence-electron chi connectivity index (χ4n) is 1.48. The van der Waals surface area contributed by atoms with Crippen LogP contribution in [0.1, 0.15) is 30.6 Å². The Bertz CT molecular complexity index is 446. The molecule has 1 rings (SSSR count). The van der Waals surface area contributed by atoms with Crippen LogP contribution in [-0.4, -0.2) is 28.0 Å². The van der Waals surface area contributed by atoms with Crippen molar-refractivity contribution in [3.05, 3.63) is 24.0 Å². The molecule has 0 spiro atoms. The second kappa shape index (κ2) is 6.11. The maximum absolute atomic E-state index is 11.7. The number of aromatic nitrogens is 1. The molecule has 98 valence electrons. The summed E-state index contributed by atoms with van der Waals surface area (Å²) in [6.07, 6.45) is 3.16. The van der Waals surface area contributed by atoms with Crippen molar-refractivity contribution in [3.8, 4) is 0 Å². The average molecular weight is 251 g/mol. The molecule has 0 aromatic carbocycles. The molecule has 1 aromatic heterocycles. The summed E-state index contributed by atoms with van der Waals surface area (Å²) in [6.45, 7) is 3.94. The summed E-state index contributed by atoms with van der Waals surface area (Å²) in [5.74, 6) is -1.12. The van der Waals surface area contributed by atoms with Gasteiger partial charge in [-0.3, -0.25) is 9.78 Å². The van der Waals surface area contributed by atoms with Crippen LogP contribution < -0.4 is 11.1 Å². The summed E-state index contributed by atoms with van der Waals surface area (Å²) < 4.78 is 0. The van der Waals surface area contributed by atoms with Crippen LogP contribution in [0.3, 0.4) is 0 Å².